The van der Waals surface area contributed by atoms with Crippen LogP contribution in [0.2, 0.25) is 0 Å². The topological polar surface area (TPSA) is 0 Å². The van der Waals surface area contributed by atoms with Gasteiger partial charge in [0.1, 0.15) is 0 Å². The first kappa shape index (κ1) is 44.2. The van der Waals surface area contributed by atoms with E-state index >= 15 is 0 Å². The molecule has 0 aliphatic rings. The second-order valence-corrected chi connectivity index (χ2v) is 0. The molecule has 0 spiro atoms. The molecule has 0 saturated heterocycles. The molecule has 0 aromatic rings. The Kier molecular flexibility index (Phi) is 249. The summed E-state index contributed by atoms with van der Waals surface area (Å²) < 4.78 is 0. The maximum absolute atomic E-state index is 0. The zero-order valence-corrected chi connectivity index (χ0v) is 2.86. The van der Waals surface area contributed by atoms with Crippen LogP contribution in [0, 0.1) is 0 Å². The molecule has 0 bridgehead atoms. The zero-order valence-electron chi connectivity index (χ0n) is 0.694. The molecule has 25 valence electrons. The Bertz CT molecular complexity index is 8.00. The fourth-order valence-corrected chi connectivity index (χ4v) is 0. The van der Waals surface area contributed by atoms with Gasteiger partial charge in [-0.25, -0.2) is 0 Å². The fraction of sp³-hybridized carbons (Fsp3) is 0. The first-order valence-corrected chi connectivity index (χ1v) is 0. The van der Waals surface area contributed by atoms with Crippen LogP contribution >= 0.6 is 0 Å². The predicted octanol–water partition coefficient (Wildman–Crippen LogP) is -1.84. The van der Waals surface area contributed by atoms with Crippen LogP contribution in [-0.4, -0.2) is 27.3 Å². The molecule has 0 unspecified atom stereocenters. The third-order valence-electron chi connectivity index (χ3n) is 0. The summed E-state index contributed by atoms with van der Waals surface area (Å²) in [6, 6.07) is 0. The van der Waals surface area contributed by atoms with Gasteiger partial charge < -0.3 is 0 Å². The summed E-state index contributed by atoms with van der Waals surface area (Å²) in [5.74, 6) is 0. The van der Waals surface area contributed by atoms with Gasteiger partial charge in [-0.15, -0.1) is 0 Å². The van der Waals surface area contributed by atoms with E-state index in [1.807, 2.05) is 0 Å². The molecule has 0 saturated carbocycles. The Morgan fingerprint density at radius 1 is 1.00 bits per heavy atom. The second kappa shape index (κ2) is 22.5. The minimum absolute atomic E-state index is 0. The number of hydrogen-bond acceptors (Lipinski definition) is 0. The molecule has 1 radical (unpaired) electrons. The minimum Gasteiger partial charge on any atom is 0 e. The molecular formula is H4BLiMnNi. The van der Waals surface area contributed by atoms with E-state index in [4.69, 9.17) is 0 Å². The van der Waals surface area contributed by atoms with E-state index in [0.29, 0.717) is 0 Å². The van der Waals surface area contributed by atoms with Crippen molar-refractivity contribution < 1.29 is 33.6 Å². The molecule has 0 heterocycles. The van der Waals surface area contributed by atoms with Crippen molar-refractivity contribution >= 4 is 27.3 Å². The standard InChI is InChI=1S/BH3.Li.Mn.Ni.H/h1H3;;;;. The minimum atomic E-state index is 0. The van der Waals surface area contributed by atoms with Crippen LogP contribution in [0.3, 0.4) is 0 Å². The molecule has 0 rings (SSSR count). The summed E-state index contributed by atoms with van der Waals surface area (Å²) in [6.07, 6.45) is 0. The smallest absolute Gasteiger partial charge is 0 e. The Morgan fingerprint density at radius 3 is 1.00 bits per heavy atom. The molecule has 4 heavy (non-hydrogen) atoms. The van der Waals surface area contributed by atoms with Gasteiger partial charge in [0, 0.05) is 33.6 Å². The van der Waals surface area contributed by atoms with E-state index in [0.717, 1.165) is 0 Å². The molecule has 0 aliphatic heterocycles. The van der Waals surface area contributed by atoms with Crippen molar-refractivity contribution in [2.75, 3.05) is 0 Å². The number of hydrogen-bond donors (Lipinski definition) is 0. The van der Waals surface area contributed by atoms with Crippen molar-refractivity contribution in [2.24, 2.45) is 0 Å². The molecule has 0 nitrogen and oxygen atoms in total. The van der Waals surface area contributed by atoms with Crippen molar-refractivity contribution in [3.63, 3.8) is 0 Å². The zero-order chi connectivity index (χ0) is 0. The van der Waals surface area contributed by atoms with Gasteiger partial charge in [0.05, 0.1) is 8.41 Å². The first-order valence-electron chi connectivity index (χ1n) is 0. The monoisotopic (exact) mass is 135 g/mol. The maximum atomic E-state index is 0. The molecule has 0 N–H and O–H groups in total. The molecule has 0 aromatic carbocycles. The predicted molar refractivity (Wildman–Crippen MR) is 17.1 cm³/mol. The number of rotatable bonds is 0. The van der Waals surface area contributed by atoms with Crippen molar-refractivity contribution in [3.05, 3.63) is 0 Å². The average Bonchev–Trinajstić information content (AvgIpc) is 0. The van der Waals surface area contributed by atoms with Gasteiger partial charge in [0.15, 0.2) is 0 Å². The van der Waals surface area contributed by atoms with Crippen LogP contribution in [0.4, 0.5) is 0 Å². The van der Waals surface area contributed by atoms with Crippen LogP contribution in [0.25, 0.3) is 0 Å². The largest absolute Gasteiger partial charge is 0 e. The summed E-state index contributed by atoms with van der Waals surface area (Å²) in [5, 5.41) is 0. The van der Waals surface area contributed by atoms with E-state index < -0.39 is 0 Å². The Morgan fingerprint density at radius 2 is 1.00 bits per heavy atom. The van der Waals surface area contributed by atoms with Gasteiger partial charge in [-0.1, -0.05) is 0 Å². The molecule has 0 amide bonds. The Balaban J connectivity index is 0. The van der Waals surface area contributed by atoms with E-state index in [1.54, 1.807) is 0 Å². The van der Waals surface area contributed by atoms with Crippen LogP contribution in [0.1, 0.15) is 0 Å². The van der Waals surface area contributed by atoms with Crippen molar-refractivity contribution in [2.45, 2.75) is 0 Å². The summed E-state index contributed by atoms with van der Waals surface area (Å²) >= 11 is 0. The normalized spacial score (nSPS) is 0. The Labute approximate surface area is 60.6 Å². The van der Waals surface area contributed by atoms with Gasteiger partial charge in [0.2, 0.25) is 0 Å². The van der Waals surface area contributed by atoms with Crippen molar-refractivity contribution in [1.29, 1.82) is 0 Å². The van der Waals surface area contributed by atoms with Gasteiger partial charge in [-0.05, 0) is 0 Å². The van der Waals surface area contributed by atoms with E-state index in [1.165, 1.54) is 0 Å². The van der Waals surface area contributed by atoms with Crippen molar-refractivity contribution in [1.82, 2.24) is 0 Å². The van der Waals surface area contributed by atoms with Crippen LogP contribution in [-0.2, 0) is 33.6 Å². The maximum Gasteiger partial charge on any atom is 0 e. The summed E-state index contributed by atoms with van der Waals surface area (Å²) in [7, 11) is 0. The van der Waals surface area contributed by atoms with E-state index in [-0.39, 0.29) is 60.8 Å². The quantitative estimate of drug-likeness (QED) is 0.343. The molecule has 0 aliphatic carbocycles. The molecule has 0 atom stereocenters. The average molecular weight is 135 g/mol. The molecule has 0 fully saturated rings. The molecule has 4 heteroatoms. The van der Waals surface area contributed by atoms with E-state index in [2.05, 4.69) is 0 Å². The third kappa shape index (κ3) is 9.37. The van der Waals surface area contributed by atoms with Crippen LogP contribution in [0.15, 0.2) is 0 Å². The second-order valence-electron chi connectivity index (χ2n) is 0. The Hall–Kier alpha value is 1.68. The van der Waals surface area contributed by atoms with Gasteiger partial charge in [0.25, 0.3) is 0 Å². The van der Waals surface area contributed by atoms with Gasteiger partial charge in [-0.2, -0.15) is 0 Å². The molecule has 0 aromatic heterocycles. The fourth-order valence-electron chi connectivity index (χ4n) is 0. The van der Waals surface area contributed by atoms with Gasteiger partial charge >= 0.3 is 18.9 Å². The van der Waals surface area contributed by atoms with Crippen LogP contribution in [0.5, 0.6) is 0 Å². The summed E-state index contributed by atoms with van der Waals surface area (Å²) in [6.45, 7) is 0. The third-order valence-corrected chi connectivity index (χ3v) is 0. The molecular weight excluding hydrogens is 131 g/mol. The summed E-state index contributed by atoms with van der Waals surface area (Å²) in [5.41, 5.74) is 0. The van der Waals surface area contributed by atoms with E-state index in [9.17, 15) is 0 Å². The van der Waals surface area contributed by atoms with Crippen LogP contribution < -0.4 is 0 Å². The van der Waals surface area contributed by atoms with Crippen molar-refractivity contribution in [3.8, 4) is 0 Å². The van der Waals surface area contributed by atoms with Gasteiger partial charge in [-0.3, -0.25) is 0 Å². The summed E-state index contributed by atoms with van der Waals surface area (Å²) in [4.78, 5) is 0. The first-order chi connectivity index (χ1) is 0. The SMILES string of the molecule is B.[LiH].[Mn].[Ni].